The summed E-state index contributed by atoms with van der Waals surface area (Å²) in [4.78, 5) is 32.2. The standard InChI is InChI=1S/C25H20Cl2N2O4/c1-3-33-20-12-15(8-10-17(20)27)23(30)21-22(18-6-4-5-11-28-18)29(25(32)24(21)31)19-13-16(26)9-7-14(19)2/h4-13,22,30H,3H2,1-2H3/b23-21+. The van der Waals surface area contributed by atoms with E-state index in [-0.39, 0.29) is 11.3 Å². The van der Waals surface area contributed by atoms with Gasteiger partial charge >= 0.3 is 0 Å². The van der Waals surface area contributed by atoms with Gasteiger partial charge in [-0.05, 0) is 61.9 Å². The van der Waals surface area contributed by atoms with E-state index >= 15 is 0 Å². The summed E-state index contributed by atoms with van der Waals surface area (Å²) in [6.07, 6.45) is 1.57. The number of aromatic nitrogens is 1. The van der Waals surface area contributed by atoms with Gasteiger partial charge in [0.25, 0.3) is 11.7 Å². The number of benzene rings is 2. The number of ketones is 1. The molecule has 2 heterocycles. The summed E-state index contributed by atoms with van der Waals surface area (Å²) in [7, 11) is 0. The summed E-state index contributed by atoms with van der Waals surface area (Å²) in [5.74, 6) is -1.59. The van der Waals surface area contributed by atoms with Crippen molar-refractivity contribution in [2.24, 2.45) is 0 Å². The van der Waals surface area contributed by atoms with E-state index in [0.29, 0.717) is 39.3 Å². The van der Waals surface area contributed by atoms with Gasteiger partial charge in [-0.2, -0.15) is 0 Å². The number of pyridine rings is 1. The average Bonchev–Trinajstić information content (AvgIpc) is 3.07. The van der Waals surface area contributed by atoms with Crippen molar-refractivity contribution >= 4 is 46.3 Å². The van der Waals surface area contributed by atoms with Gasteiger partial charge in [0.2, 0.25) is 0 Å². The molecule has 3 aromatic rings. The topological polar surface area (TPSA) is 79.7 Å². The molecule has 1 aromatic heterocycles. The van der Waals surface area contributed by atoms with Crippen molar-refractivity contribution in [3.63, 3.8) is 0 Å². The van der Waals surface area contributed by atoms with Gasteiger partial charge in [0.1, 0.15) is 17.6 Å². The van der Waals surface area contributed by atoms with Crippen molar-refractivity contribution < 1.29 is 19.4 Å². The Labute approximate surface area is 201 Å². The number of carbonyl (C=O) groups excluding carboxylic acids is 2. The van der Waals surface area contributed by atoms with Crippen LogP contribution in [0.2, 0.25) is 10.0 Å². The lowest BCUT2D eigenvalue weighted by atomic mass is 9.98. The Morgan fingerprint density at radius 3 is 2.61 bits per heavy atom. The van der Waals surface area contributed by atoms with Gasteiger partial charge in [0, 0.05) is 22.5 Å². The lowest BCUT2D eigenvalue weighted by molar-refractivity contribution is -0.132. The molecular formula is C25H20Cl2N2O4. The number of anilines is 1. The number of ether oxygens (including phenoxy) is 1. The normalized spacial score (nSPS) is 17.5. The van der Waals surface area contributed by atoms with Crippen LogP contribution < -0.4 is 9.64 Å². The smallest absolute Gasteiger partial charge is 0.300 e. The van der Waals surface area contributed by atoms with Crippen molar-refractivity contribution in [3.05, 3.63) is 93.2 Å². The van der Waals surface area contributed by atoms with Gasteiger partial charge < -0.3 is 9.84 Å². The molecule has 33 heavy (non-hydrogen) atoms. The molecule has 0 spiro atoms. The van der Waals surface area contributed by atoms with E-state index < -0.39 is 17.7 Å². The van der Waals surface area contributed by atoms with Crippen molar-refractivity contribution in [1.29, 1.82) is 0 Å². The third-order valence-electron chi connectivity index (χ3n) is 5.35. The number of aliphatic hydroxyl groups excluding tert-OH is 1. The summed E-state index contributed by atoms with van der Waals surface area (Å²) in [6.45, 7) is 3.99. The first kappa shape index (κ1) is 22.8. The molecule has 1 saturated heterocycles. The fraction of sp³-hybridized carbons (Fsp3) is 0.160. The van der Waals surface area contributed by atoms with E-state index in [1.165, 1.54) is 11.0 Å². The minimum atomic E-state index is -0.949. The lowest BCUT2D eigenvalue weighted by Crippen LogP contribution is -2.30. The van der Waals surface area contributed by atoms with E-state index in [4.69, 9.17) is 27.9 Å². The fourth-order valence-corrected chi connectivity index (χ4v) is 4.15. The Bertz CT molecular complexity index is 1270. The number of halogens is 2. The summed E-state index contributed by atoms with van der Waals surface area (Å²) >= 11 is 12.4. The number of hydrogen-bond donors (Lipinski definition) is 1. The molecule has 8 heteroatoms. The summed E-state index contributed by atoms with van der Waals surface area (Å²) < 4.78 is 5.51. The van der Waals surface area contributed by atoms with E-state index in [9.17, 15) is 14.7 Å². The molecular weight excluding hydrogens is 463 g/mol. The number of hydrogen-bond acceptors (Lipinski definition) is 5. The number of aliphatic hydroxyl groups is 1. The number of rotatable bonds is 5. The quantitative estimate of drug-likeness (QED) is 0.285. The zero-order valence-electron chi connectivity index (χ0n) is 17.9. The number of nitrogens with zero attached hydrogens (tertiary/aromatic N) is 2. The predicted octanol–water partition coefficient (Wildman–Crippen LogP) is 5.72. The second-order valence-corrected chi connectivity index (χ2v) is 8.28. The monoisotopic (exact) mass is 482 g/mol. The molecule has 1 fully saturated rings. The molecule has 0 saturated carbocycles. The minimum Gasteiger partial charge on any atom is -0.507 e. The molecule has 1 atom stereocenters. The Morgan fingerprint density at radius 1 is 1.12 bits per heavy atom. The zero-order valence-corrected chi connectivity index (χ0v) is 19.4. The predicted molar refractivity (Wildman–Crippen MR) is 128 cm³/mol. The maximum absolute atomic E-state index is 13.2. The van der Waals surface area contributed by atoms with Crippen molar-refractivity contribution in [3.8, 4) is 5.75 Å². The largest absolute Gasteiger partial charge is 0.507 e. The molecule has 0 radical (unpaired) electrons. The van der Waals surface area contributed by atoms with Crippen LogP contribution in [0.5, 0.6) is 5.75 Å². The highest BCUT2D eigenvalue weighted by atomic mass is 35.5. The van der Waals surface area contributed by atoms with E-state index in [1.54, 1.807) is 54.7 Å². The summed E-state index contributed by atoms with van der Waals surface area (Å²) in [6, 6.07) is 14.0. The number of carbonyl (C=O) groups is 2. The first-order chi connectivity index (χ1) is 15.8. The number of Topliss-reactive ketones (excluding diaryl/α,β-unsaturated/α-hetero) is 1. The second kappa shape index (κ2) is 9.25. The Morgan fingerprint density at radius 2 is 1.91 bits per heavy atom. The SMILES string of the molecule is CCOc1cc(/C(O)=C2\C(=O)C(=O)N(c3cc(Cl)ccc3C)C2c2ccccn2)ccc1Cl. The van der Waals surface area contributed by atoms with Crippen LogP contribution in [0, 0.1) is 6.92 Å². The van der Waals surface area contributed by atoms with Crippen LogP contribution in [-0.2, 0) is 9.59 Å². The number of aryl methyl sites for hydroxylation is 1. The van der Waals surface area contributed by atoms with Gasteiger partial charge in [0.15, 0.2) is 0 Å². The molecule has 1 aliphatic rings. The Hall–Kier alpha value is -3.35. The molecule has 2 aromatic carbocycles. The third kappa shape index (κ3) is 4.19. The third-order valence-corrected chi connectivity index (χ3v) is 5.89. The molecule has 4 rings (SSSR count). The van der Waals surface area contributed by atoms with Crippen LogP contribution in [0.4, 0.5) is 5.69 Å². The van der Waals surface area contributed by atoms with Crippen LogP contribution in [0.3, 0.4) is 0 Å². The highest BCUT2D eigenvalue weighted by Gasteiger charge is 2.48. The maximum atomic E-state index is 13.2. The second-order valence-electron chi connectivity index (χ2n) is 7.43. The van der Waals surface area contributed by atoms with Crippen LogP contribution in [-0.4, -0.2) is 28.4 Å². The molecule has 6 nitrogen and oxygen atoms in total. The molecule has 168 valence electrons. The molecule has 0 bridgehead atoms. The maximum Gasteiger partial charge on any atom is 0.300 e. The van der Waals surface area contributed by atoms with Gasteiger partial charge in [-0.3, -0.25) is 19.5 Å². The molecule has 1 aliphatic heterocycles. The minimum absolute atomic E-state index is 0.0807. The van der Waals surface area contributed by atoms with E-state index in [1.807, 2.05) is 13.8 Å². The van der Waals surface area contributed by atoms with Crippen molar-refractivity contribution in [2.75, 3.05) is 11.5 Å². The molecule has 1 N–H and O–H groups in total. The summed E-state index contributed by atoms with van der Waals surface area (Å²) in [5, 5.41) is 12.0. The number of amides is 1. The van der Waals surface area contributed by atoms with Crippen LogP contribution in [0.15, 0.2) is 66.4 Å². The van der Waals surface area contributed by atoms with Crippen LogP contribution in [0.1, 0.15) is 29.8 Å². The van der Waals surface area contributed by atoms with Gasteiger partial charge in [-0.1, -0.05) is 35.3 Å². The first-order valence-electron chi connectivity index (χ1n) is 10.2. The summed E-state index contributed by atoms with van der Waals surface area (Å²) in [5.41, 5.74) is 1.85. The zero-order chi connectivity index (χ0) is 23.7. The van der Waals surface area contributed by atoms with Gasteiger partial charge in [-0.25, -0.2) is 0 Å². The van der Waals surface area contributed by atoms with Crippen LogP contribution in [0.25, 0.3) is 5.76 Å². The van der Waals surface area contributed by atoms with Crippen molar-refractivity contribution in [2.45, 2.75) is 19.9 Å². The Kier molecular flexibility index (Phi) is 6.40. The lowest BCUT2D eigenvalue weighted by Gasteiger charge is -2.26. The first-order valence-corrected chi connectivity index (χ1v) is 11.0. The van der Waals surface area contributed by atoms with Gasteiger partial charge in [0.05, 0.1) is 22.9 Å². The van der Waals surface area contributed by atoms with Crippen LogP contribution >= 0.6 is 23.2 Å². The molecule has 1 unspecified atom stereocenters. The van der Waals surface area contributed by atoms with Gasteiger partial charge in [-0.15, -0.1) is 0 Å². The van der Waals surface area contributed by atoms with E-state index in [2.05, 4.69) is 4.98 Å². The molecule has 1 amide bonds. The average molecular weight is 483 g/mol. The highest BCUT2D eigenvalue weighted by molar-refractivity contribution is 6.52. The fourth-order valence-electron chi connectivity index (χ4n) is 3.81. The van der Waals surface area contributed by atoms with Crippen molar-refractivity contribution in [1.82, 2.24) is 4.98 Å². The molecule has 0 aliphatic carbocycles. The highest BCUT2D eigenvalue weighted by Crippen LogP contribution is 2.43. The van der Waals surface area contributed by atoms with E-state index in [0.717, 1.165) is 5.56 Å². The Balaban J connectivity index is 1.95.